The number of cyclic esters (lactones) is 1. The molecule has 0 fully saturated rings. The van der Waals surface area contributed by atoms with Gasteiger partial charge in [-0.2, -0.15) is 0 Å². The Bertz CT molecular complexity index is 803. The lowest BCUT2D eigenvalue weighted by molar-refractivity contribution is 0.0716. The molecule has 1 aromatic carbocycles. The van der Waals surface area contributed by atoms with Crippen LogP contribution in [0.4, 0.5) is 0 Å². The first kappa shape index (κ1) is 13.6. The second-order valence-electron chi connectivity index (χ2n) is 4.74. The Kier molecular flexibility index (Phi) is 3.35. The third-order valence-corrected chi connectivity index (χ3v) is 3.56. The zero-order valence-electron chi connectivity index (χ0n) is 11.6. The standard InChI is InChI=1S/C16H13NO3S/c1-9-7-12-13(20-16(18)14(12)15(21)17-9)8-10-3-5-11(19-2)6-4-10/h3-8H,1-2H3,(H,17,21)/b13-8-. The summed E-state index contributed by atoms with van der Waals surface area (Å²) in [6.07, 6.45) is 1.82. The van der Waals surface area contributed by atoms with E-state index in [4.69, 9.17) is 21.7 Å². The highest BCUT2D eigenvalue weighted by atomic mass is 32.1. The van der Waals surface area contributed by atoms with Crippen LogP contribution >= 0.6 is 12.2 Å². The van der Waals surface area contributed by atoms with Crippen LogP contribution in [0.2, 0.25) is 0 Å². The molecule has 0 saturated heterocycles. The predicted molar refractivity (Wildman–Crippen MR) is 82.6 cm³/mol. The number of methoxy groups -OCH3 is 1. The van der Waals surface area contributed by atoms with Gasteiger partial charge in [0.1, 0.15) is 21.7 Å². The summed E-state index contributed by atoms with van der Waals surface area (Å²) in [6, 6.07) is 9.37. The predicted octanol–water partition coefficient (Wildman–Crippen LogP) is 3.73. The van der Waals surface area contributed by atoms with Crippen LogP contribution < -0.4 is 4.74 Å². The average Bonchev–Trinajstić information content (AvgIpc) is 2.76. The number of aromatic nitrogens is 1. The van der Waals surface area contributed by atoms with Gasteiger partial charge in [-0.3, -0.25) is 0 Å². The van der Waals surface area contributed by atoms with E-state index in [0.29, 0.717) is 16.0 Å². The number of carbonyl (C=O) groups is 1. The third-order valence-electron chi connectivity index (χ3n) is 3.25. The first-order valence-corrected chi connectivity index (χ1v) is 6.81. The van der Waals surface area contributed by atoms with Crippen molar-refractivity contribution in [3.8, 4) is 5.75 Å². The Labute approximate surface area is 127 Å². The van der Waals surface area contributed by atoms with Crippen molar-refractivity contribution >= 4 is 30.0 Å². The Hall–Kier alpha value is -2.40. The zero-order valence-corrected chi connectivity index (χ0v) is 12.4. The summed E-state index contributed by atoms with van der Waals surface area (Å²) in [6.45, 7) is 1.89. The number of nitrogens with one attached hydrogen (secondary N) is 1. The molecule has 0 radical (unpaired) electrons. The summed E-state index contributed by atoms with van der Waals surface area (Å²) in [5.41, 5.74) is 2.97. The number of pyridine rings is 1. The molecular weight excluding hydrogens is 286 g/mol. The summed E-state index contributed by atoms with van der Waals surface area (Å²) in [4.78, 5) is 14.9. The largest absolute Gasteiger partial charge is 0.497 e. The van der Waals surface area contributed by atoms with Gasteiger partial charge in [0.15, 0.2) is 0 Å². The van der Waals surface area contributed by atoms with Crippen molar-refractivity contribution in [2.24, 2.45) is 0 Å². The number of aryl methyl sites for hydroxylation is 1. The Morgan fingerprint density at radius 3 is 2.67 bits per heavy atom. The molecule has 0 bridgehead atoms. The minimum absolute atomic E-state index is 0.410. The van der Waals surface area contributed by atoms with E-state index in [0.717, 1.165) is 22.6 Å². The van der Waals surface area contributed by atoms with E-state index in [1.807, 2.05) is 43.3 Å². The molecule has 21 heavy (non-hydrogen) atoms. The minimum atomic E-state index is -0.411. The molecule has 1 aromatic heterocycles. The maximum atomic E-state index is 11.9. The number of carbonyl (C=O) groups excluding carboxylic acids is 1. The first-order valence-electron chi connectivity index (χ1n) is 6.40. The molecule has 2 heterocycles. The number of hydrogen-bond donors (Lipinski definition) is 1. The van der Waals surface area contributed by atoms with Crippen LogP contribution in [0.5, 0.6) is 5.75 Å². The molecule has 4 nitrogen and oxygen atoms in total. The topological polar surface area (TPSA) is 51.3 Å². The average molecular weight is 299 g/mol. The number of hydrogen-bond acceptors (Lipinski definition) is 4. The molecule has 2 aromatic rings. The van der Waals surface area contributed by atoms with Crippen LogP contribution in [0, 0.1) is 11.6 Å². The van der Waals surface area contributed by atoms with E-state index in [1.54, 1.807) is 7.11 Å². The number of fused-ring (bicyclic) bond motifs is 1. The van der Waals surface area contributed by atoms with Crippen LogP contribution in [0.25, 0.3) is 11.8 Å². The summed E-state index contributed by atoms with van der Waals surface area (Å²) < 4.78 is 10.9. The number of benzene rings is 1. The number of ether oxygens (including phenoxy) is 2. The number of rotatable bonds is 2. The van der Waals surface area contributed by atoms with Crippen LogP contribution in [0.1, 0.15) is 27.2 Å². The molecule has 1 aliphatic heterocycles. The SMILES string of the molecule is COc1ccc(/C=C2\OC(=O)c3c2cc(C)[nH]c3=S)cc1. The van der Waals surface area contributed by atoms with Gasteiger partial charge in [0, 0.05) is 11.3 Å². The van der Waals surface area contributed by atoms with Gasteiger partial charge in [-0.1, -0.05) is 24.4 Å². The lowest BCUT2D eigenvalue weighted by Gasteiger charge is -2.02. The summed E-state index contributed by atoms with van der Waals surface area (Å²) in [5.74, 6) is 0.883. The molecule has 106 valence electrons. The maximum Gasteiger partial charge on any atom is 0.347 e. The van der Waals surface area contributed by atoms with Crippen molar-refractivity contribution in [1.82, 2.24) is 4.98 Å². The van der Waals surface area contributed by atoms with Gasteiger partial charge in [-0.25, -0.2) is 4.79 Å². The van der Waals surface area contributed by atoms with E-state index in [1.165, 1.54) is 0 Å². The van der Waals surface area contributed by atoms with E-state index in [2.05, 4.69) is 4.98 Å². The van der Waals surface area contributed by atoms with Gasteiger partial charge in [0.25, 0.3) is 0 Å². The molecule has 1 aliphatic rings. The van der Waals surface area contributed by atoms with Gasteiger partial charge in [0.05, 0.1) is 7.11 Å². The van der Waals surface area contributed by atoms with E-state index in [9.17, 15) is 4.79 Å². The van der Waals surface area contributed by atoms with E-state index < -0.39 is 5.97 Å². The monoisotopic (exact) mass is 299 g/mol. The van der Waals surface area contributed by atoms with Crippen molar-refractivity contribution in [3.05, 3.63) is 57.4 Å². The molecule has 5 heteroatoms. The molecule has 0 amide bonds. The lowest BCUT2D eigenvalue weighted by Crippen LogP contribution is -1.97. The molecular formula is C16H13NO3S. The van der Waals surface area contributed by atoms with Crippen LogP contribution in [-0.2, 0) is 4.74 Å². The number of aromatic amines is 1. The Morgan fingerprint density at radius 2 is 2.00 bits per heavy atom. The first-order chi connectivity index (χ1) is 10.1. The van der Waals surface area contributed by atoms with Crippen molar-refractivity contribution in [2.45, 2.75) is 6.92 Å². The fraction of sp³-hybridized carbons (Fsp3) is 0.125. The molecule has 3 rings (SSSR count). The molecule has 1 N–H and O–H groups in total. The second kappa shape index (κ2) is 5.18. The normalized spacial score (nSPS) is 15.0. The lowest BCUT2D eigenvalue weighted by atomic mass is 10.1. The minimum Gasteiger partial charge on any atom is -0.497 e. The van der Waals surface area contributed by atoms with Crippen LogP contribution in [0.15, 0.2) is 30.3 Å². The molecule has 0 aliphatic carbocycles. The Morgan fingerprint density at radius 1 is 1.29 bits per heavy atom. The number of H-pyrrole nitrogens is 1. The molecule has 0 spiro atoms. The quantitative estimate of drug-likeness (QED) is 0.678. The van der Waals surface area contributed by atoms with Crippen molar-refractivity contribution in [2.75, 3.05) is 7.11 Å². The highest BCUT2D eigenvalue weighted by Gasteiger charge is 2.28. The number of esters is 1. The highest BCUT2D eigenvalue weighted by molar-refractivity contribution is 7.71. The molecule has 0 unspecified atom stereocenters. The zero-order chi connectivity index (χ0) is 15.0. The third kappa shape index (κ3) is 2.48. The fourth-order valence-electron chi connectivity index (χ4n) is 2.25. The van der Waals surface area contributed by atoms with Gasteiger partial charge in [-0.15, -0.1) is 0 Å². The summed E-state index contributed by atoms with van der Waals surface area (Å²) in [7, 11) is 1.62. The van der Waals surface area contributed by atoms with Crippen LogP contribution in [0.3, 0.4) is 0 Å². The van der Waals surface area contributed by atoms with Crippen molar-refractivity contribution < 1.29 is 14.3 Å². The summed E-state index contributed by atoms with van der Waals surface area (Å²) in [5, 5.41) is 0. The maximum absolute atomic E-state index is 11.9. The highest BCUT2D eigenvalue weighted by Crippen LogP contribution is 2.32. The van der Waals surface area contributed by atoms with Crippen molar-refractivity contribution in [3.63, 3.8) is 0 Å². The van der Waals surface area contributed by atoms with Gasteiger partial charge in [-0.05, 0) is 36.8 Å². The van der Waals surface area contributed by atoms with Crippen molar-refractivity contribution in [1.29, 1.82) is 0 Å². The van der Waals surface area contributed by atoms with E-state index in [-0.39, 0.29) is 0 Å². The van der Waals surface area contributed by atoms with E-state index >= 15 is 0 Å². The molecule has 0 saturated carbocycles. The summed E-state index contributed by atoms with van der Waals surface area (Å²) >= 11 is 5.19. The van der Waals surface area contributed by atoms with Crippen LogP contribution in [-0.4, -0.2) is 18.1 Å². The van der Waals surface area contributed by atoms with Gasteiger partial charge < -0.3 is 14.5 Å². The fourth-order valence-corrected chi connectivity index (χ4v) is 2.60. The Balaban J connectivity index is 2.08. The molecule has 0 atom stereocenters. The van der Waals surface area contributed by atoms with Gasteiger partial charge in [0.2, 0.25) is 0 Å². The second-order valence-corrected chi connectivity index (χ2v) is 5.15. The smallest absolute Gasteiger partial charge is 0.347 e. The van der Waals surface area contributed by atoms with Gasteiger partial charge >= 0.3 is 5.97 Å².